The maximum Gasteiger partial charge on any atom is 0.152 e. The number of rotatable bonds is 4. The number of halogens is 1. The number of hydrogen-bond donors (Lipinski definition) is 2. The maximum absolute atomic E-state index is 10.4. The van der Waals surface area contributed by atoms with Crippen LogP contribution >= 0.6 is 34.7 Å². The van der Waals surface area contributed by atoms with Gasteiger partial charge < -0.3 is 10.1 Å². The molecule has 0 saturated heterocycles. The summed E-state index contributed by atoms with van der Waals surface area (Å²) < 4.78 is 1.83. The number of imidazole rings is 1. The molecule has 128 valence electrons. The van der Waals surface area contributed by atoms with Crippen molar-refractivity contribution in [1.29, 1.82) is 5.26 Å². The first kappa shape index (κ1) is 16.9. The number of fused-ring (bicyclic) bond motifs is 2. The molecule has 0 aliphatic rings. The quantitative estimate of drug-likeness (QED) is 0.272. The zero-order valence-electron chi connectivity index (χ0n) is 13.2. The topological polar surface area (TPSA) is 85.6 Å². The van der Waals surface area contributed by atoms with Gasteiger partial charge in [0.25, 0.3) is 0 Å². The number of aliphatic hydroxyl groups excluding tert-OH is 1. The van der Waals surface area contributed by atoms with E-state index in [0.29, 0.717) is 10.8 Å². The Morgan fingerprint density at radius 1 is 1.23 bits per heavy atom. The van der Waals surface area contributed by atoms with Gasteiger partial charge in [-0.2, -0.15) is 5.26 Å². The van der Waals surface area contributed by atoms with E-state index in [1.807, 2.05) is 48.5 Å². The fourth-order valence-corrected chi connectivity index (χ4v) is 4.56. The Morgan fingerprint density at radius 2 is 2.08 bits per heavy atom. The highest BCUT2D eigenvalue weighted by atomic mass is 35.5. The fourth-order valence-electron chi connectivity index (χ4n) is 2.47. The van der Waals surface area contributed by atoms with Crippen LogP contribution in [0.5, 0.6) is 0 Å². The average molecular weight is 399 g/mol. The number of benzene rings is 2. The molecule has 4 aromatic rings. The molecule has 2 heterocycles. The smallest absolute Gasteiger partial charge is 0.152 e. The number of aromatic amines is 1. The van der Waals surface area contributed by atoms with Crippen molar-refractivity contribution >= 4 is 61.5 Å². The Bertz CT molecular complexity index is 1160. The van der Waals surface area contributed by atoms with Crippen LogP contribution < -0.4 is 0 Å². The SMILES string of the molecule is N#C/C(=C(/O)CSc1nc2cc(Cl)ccc2s1)c1nc2ccccc2[nH]1. The summed E-state index contributed by atoms with van der Waals surface area (Å²) in [6.07, 6.45) is 0. The second kappa shape index (κ2) is 7.00. The minimum Gasteiger partial charge on any atom is -0.510 e. The van der Waals surface area contributed by atoms with E-state index < -0.39 is 0 Å². The van der Waals surface area contributed by atoms with E-state index in [4.69, 9.17) is 11.6 Å². The number of aromatic nitrogens is 3. The van der Waals surface area contributed by atoms with Crippen molar-refractivity contribution in [2.45, 2.75) is 4.34 Å². The molecule has 8 heteroatoms. The standard InChI is InChI=1S/C18H11ClN4OS2/c19-10-5-6-16-14(7-10)23-18(26-16)25-9-15(24)11(8-20)17-21-12-3-1-2-4-13(12)22-17/h1-7,24H,9H2,(H,21,22)/b15-11-. The molecule has 0 aliphatic carbocycles. The minimum absolute atomic E-state index is 0.0335. The van der Waals surface area contributed by atoms with Gasteiger partial charge in [0.05, 0.1) is 27.0 Å². The lowest BCUT2D eigenvalue weighted by Crippen LogP contribution is -1.95. The van der Waals surface area contributed by atoms with Crippen LogP contribution in [-0.4, -0.2) is 25.8 Å². The molecule has 0 aliphatic heterocycles. The van der Waals surface area contributed by atoms with Gasteiger partial charge in [-0.3, -0.25) is 0 Å². The Labute approximate surface area is 162 Å². The second-order valence-corrected chi connectivity index (χ2v) is 8.11. The van der Waals surface area contributed by atoms with E-state index in [-0.39, 0.29) is 17.1 Å². The molecule has 5 nitrogen and oxygen atoms in total. The van der Waals surface area contributed by atoms with Gasteiger partial charge in [0.1, 0.15) is 17.4 Å². The van der Waals surface area contributed by atoms with Crippen LogP contribution in [-0.2, 0) is 0 Å². The first-order valence-electron chi connectivity index (χ1n) is 7.60. The number of nitriles is 1. The summed E-state index contributed by atoms with van der Waals surface area (Å²) in [5, 5.41) is 20.5. The molecule has 2 aromatic heterocycles. The highest BCUT2D eigenvalue weighted by Gasteiger charge is 2.14. The Kier molecular flexibility index (Phi) is 4.55. The molecule has 26 heavy (non-hydrogen) atoms. The van der Waals surface area contributed by atoms with Crippen LogP contribution in [0, 0.1) is 11.3 Å². The largest absolute Gasteiger partial charge is 0.510 e. The number of nitrogens with zero attached hydrogens (tertiary/aromatic N) is 3. The monoisotopic (exact) mass is 398 g/mol. The van der Waals surface area contributed by atoms with Crippen LogP contribution in [0.25, 0.3) is 26.8 Å². The maximum atomic E-state index is 10.4. The van der Waals surface area contributed by atoms with E-state index in [1.54, 1.807) is 0 Å². The van der Waals surface area contributed by atoms with Gasteiger partial charge in [0, 0.05) is 5.02 Å². The van der Waals surface area contributed by atoms with E-state index >= 15 is 0 Å². The molecule has 2 N–H and O–H groups in total. The molecule has 0 saturated carbocycles. The number of hydrogen-bond acceptors (Lipinski definition) is 6. The van der Waals surface area contributed by atoms with Crippen LogP contribution in [0.1, 0.15) is 5.82 Å². The number of allylic oxidation sites excluding steroid dienone is 1. The summed E-state index contributed by atoms with van der Waals surface area (Å²) in [5.41, 5.74) is 2.53. The van der Waals surface area contributed by atoms with Crippen molar-refractivity contribution in [2.24, 2.45) is 0 Å². The van der Waals surface area contributed by atoms with Gasteiger partial charge in [-0.25, -0.2) is 9.97 Å². The molecule has 0 bridgehead atoms. The van der Waals surface area contributed by atoms with Gasteiger partial charge in [-0.1, -0.05) is 35.5 Å². The molecule has 4 rings (SSSR count). The molecule has 0 spiro atoms. The number of nitrogens with one attached hydrogen (secondary N) is 1. The molecule has 0 radical (unpaired) electrons. The van der Waals surface area contributed by atoms with Gasteiger partial charge in [-0.15, -0.1) is 11.3 Å². The van der Waals surface area contributed by atoms with Crippen molar-refractivity contribution in [1.82, 2.24) is 15.0 Å². The lowest BCUT2D eigenvalue weighted by atomic mass is 10.2. The zero-order chi connectivity index (χ0) is 18.1. The molecular formula is C18H11ClN4OS2. The number of H-pyrrole nitrogens is 1. The van der Waals surface area contributed by atoms with E-state index in [9.17, 15) is 10.4 Å². The van der Waals surface area contributed by atoms with Crippen molar-refractivity contribution in [3.05, 3.63) is 59.1 Å². The molecule has 0 amide bonds. The first-order valence-corrected chi connectivity index (χ1v) is 9.78. The van der Waals surface area contributed by atoms with Crippen molar-refractivity contribution in [3.8, 4) is 6.07 Å². The average Bonchev–Trinajstić information content (AvgIpc) is 3.23. The molecular weight excluding hydrogens is 388 g/mol. The van der Waals surface area contributed by atoms with Crippen LogP contribution in [0.3, 0.4) is 0 Å². The van der Waals surface area contributed by atoms with Crippen molar-refractivity contribution in [3.63, 3.8) is 0 Å². The van der Waals surface area contributed by atoms with Crippen molar-refractivity contribution < 1.29 is 5.11 Å². The third-order valence-corrected chi connectivity index (χ3v) is 6.11. The summed E-state index contributed by atoms with van der Waals surface area (Å²) >= 11 is 8.87. The highest BCUT2D eigenvalue weighted by Crippen LogP contribution is 2.32. The number of aliphatic hydroxyl groups is 1. The number of para-hydroxylation sites is 2. The predicted octanol–water partition coefficient (Wildman–Crippen LogP) is 5.41. The highest BCUT2D eigenvalue weighted by molar-refractivity contribution is 8.01. The zero-order valence-corrected chi connectivity index (χ0v) is 15.6. The summed E-state index contributed by atoms with van der Waals surface area (Å²) in [6, 6.07) is 15.1. The van der Waals surface area contributed by atoms with Crippen LogP contribution in [0.15, 0.2) is 52.6 Å². The van der Waals surface area contributed by atoms with E-state index in [0.717, 1.165) is 25.6 Å². The Balaban J connectivity index is 1.59. The Morgan fingerprint density at radius 3 is 2.88 bits per heavy atom. The minimum atomic E-state index is -0.0335. The van der Waals surface area contributed by atoms with Gasteiger partial charge in [-0.05, 0) is 30.3 Å². The van der Waals surface area contributed by atoms with Crippen LogP contribution in [0.4, 0.5) is 0 Å². The van der Waals surface area contributed by atoms with E-state index in [2.05, 4.69) is 15.0 Å². The molecule has 0 atom stereocenters. The van der Waals surface area contributed by atoms with Gasteiger partial charge in [0.15, 0.2) is 10.2 Å². The fraction of sp³-hybridized carbons (Fsp3) is 0.0556. The molecule has 0 fully saturated rings. The van der Waals surface area contributed by atoms with Crippen LogP contribution in [0.2, 0.25) is 5.02 Å². The molecule has 0 unspecified atom stereocenters. The summed E-state index contributed by atoms with van der Waals surface area (Å²) in [7, 11) is 0. The van der Waals surface area contributed by atoms with Gasteiger partial charge in [0.2, 0.25) is 0 Å². The third-order valence-electron chi connectivity index (χ3n) is 3.69. The summed E-state index contributed by atoms with van der Waals surface area (Å²) in [6.45, 7) is 0. The number of thiazole rings is 1. The molecule has 2 aromatic carbocycles. The predicted molar refractivity (Wildman–Crippen MR) is 107 cm³/mol. The summed E-state index contributed by atoms with van der Waals surface area (Å²) in [5.74, 6) is 0.560. The third kappa shape index (κ3) is 3.27. The lowest BCUT2D eigenvalue weighted by Gasteiger charge is -2.00. The number of thioether (sulfide) groups is 1. The second-order valence-electron chi connectivity index (χ2n) is 5.42. The normalized spacial score (nSPS) is 12.3. The van der Waals surface area contributed by atoms with E-state index in [1.165, 1.54) is 23.1 Å². The van der Waals surface area contributed by atoms with Crippen molar-refractivity contribution in [2.75, 3.05) is 5.75 Å². The first-order chi connectivity index (χ1) is 12.6. The summed E-state index contributed by atoms with van der Waals surface area (Å²) in [4.78, 5) is 11.9. The lowest BCUT2D eigenvalue weighted by molar-refractivity contribution is 0.420. The van der Waals surface area contributed by atoms with Gasteiger partial charge >= 0.3 is 0 Å². The Hall–Kier alpha value is -2.53.